The Morgan fingerprint density at radius 2 is 1.75 bits per heavy atom. The number of methoxy groups -OCH3 is 1. The van der Waals surface area contributed by atoms with Crippen molar-refractivity contribution in [3.63, 3.8) is 0 Å². The molecule has 0 aliphatic heterocycles. The number of hydrogen-bond donors (Lipinski definition) is 2. The fourth-order valence-corrected chi connectivity index (χ4v) is 4.20. The molecule has 0 unspecified atom stereocenters. The summed E-state index contributed by atoms with van der Waals surface area (Å²) >= 11 is 0. The monoisotopic (exact) mass is 460 g/mol. The summed E-state index contributed by atoms with van der Waals surface area (Å²) in [4.78, 5) is 8.79. The van der Waals surface area contributed by atoms with Crippen LogP contribution in [-0.4, -0.2) is 54.5 Å². The number of aryl methyl sites for hydroxylation is 2. The molecular weight excluding hydrogens is 432 g/mol. The van der Waals surface area contributed by atoms with Crippen LogP contribution in [-0.2, 0) is 20.7 Å². The third-order valence-corrected chi connectivity index (χ3v) is 6.49. The standard InChI is InChI=1S/C23H28N2O6S/c1-16-7-9-18(10-8-16)32(28,29)31-15-21(27)20(26)6-4-3-5-17-13-14-24-19-11-12-22(30-2)25-23(17)19/h7-14,20-21,26-27H,3-6,15H2,1-2H3/t20-,21-/m0/s1. The molecule has 9 heteroatoms. The third-order valence-electron chi connectivity index (χ3n) is 5.19. The summed E-state index contributed by atoms with van der Waals surface area (Å²) in [5.41, 5.74) is 3.51. The van der Waals surface area contributed by atoms with Crippen molar-refractivity contribution in [3.05, 3.63) is 59.8 Å². The number of aromatic nitrogens is 2. The Kier molecular flexibility index (Phi) is 8.14. The predicted octanol–water partition coefficient (Wildman–Crippen LogP) is 2.79. The van der Waals surface area contributed by atoms with Gasteiger partial charge in [0.1, 0.15) is 6.10 Å². The van der Waals surface area contributed by atoms with Gasteiger partial charge in [0, 0.05) is 12.3 Å². The number of unbranched alkanes of at least 4 members (excludes halogenated alkanes) is 1. The number of ether oxygens (including phenoxy) is 1. The minimum absolute atomic E-state index is 0.0135. The van der Waals surface area contributed by atoms with Gasteiger partial charge in [-0.2, -0.15) is 8.42 Å². The summed E-state index contributed by atoms with van der Waals surface area (Å²) in [6, 6.07) is 11.7. The predicted molar refractivity (Wildman–Crippen MR) is 120 cm³/mol. The molecule has 0 spiro atoms. The highest BCUT2D eigenvalue weighted by Crippen LogP contribution is 2.21. The largest absolute Gasteiger partial charge is 0.481 e. The number of nitrogens with zero attached hydrogens (tertiary/aromatic N) is 2. The Balaban J connectivity index is 1.47. The quantitative estimate of drug-likeness (QED) is 0.331. The molecular formula is C23H28N2O6S. The van der Waals surface area contributed by atoms with Gasteiger partial charge in [0.05, 0.1) is 35.7 Å². The van der Waals surface area contributed by atoms with Crippen LogP contribution in [0.5, 0.6) is 5.88 Å². The molecule has 32 heavy (non-hydrogen) atoms. The van der Waals surface area contributed by atoms with Gasteiger partial charge in [-0.3, -0.25) is 9.17 Å². The van der Waals surface area contributed by atoms with Gasteiger partial charge in [0.25, 0.3) is 10.1 Å². The molecule has 0 bridgehead atoms. The lowest BCUT2D eigenvalue weighted by Gasteiger charge is -2.17. The van der Waals surface area contributed by atoms with Crippen LogP contribution in [0.3, 0.4) is 0 Å². The van der Waals surface area contributed by atoms with Crippen molar-refractivity contribution in [3.8, 4) is 5.88 Å². The Bertz CT molecular complexity index is 1130. The summed E-state index contributed by atoms with van der Waals surface area (Å²) in [6.45, 7) is 1.35. The van der Waals surface area contributed by atoms with E-state index in [1.54, 1.807) is 31.5 Å². The van der Waals surface area contributed by atoms with Gasteiger partial charge >= 0.3 is 0 Å². The lowest BCUT2D eigenvalue weighted by molar-refractivity contribution is -0.0112. The number of hydrogen-bond acceptors (Lipinski definition) is 8. The summed E-state index contributed by atoms with van der Waals surface area (Å²) in [6.07, 6.45) is 1.77. The molecule has 3 aromatic rings. The van der Waals surface area contributed by atoms with Crippen molar-refractivity contribution in [1.29, 1.82) is 0 Å². The van der Waals surface area contributed by atoms with E-state index in [2.05, 4.69) is 9.97 Å². The first kappa shape index (κ1) is 24.1. The van der Waals surface area contributed by atoms with Crippen molar-refractivity contribution in [2.24, 2.45) is 0 Å². The van der Waals surface area contributed by atoms with Crippen molar-refractivity contribution in [2.45, 2.75) is 49.7 Å². The average molecular weight is 461 g/mol. The number of pyridine rings is 2. The first-order chi connectivity index (χ1) is 15.3. The average Bonchev–Trinajstić information content (AvgIpc) is 2.80. The summed E-state index contributed by atoms with van der Waals surface area (Å²) in [5, 5.41) is 20.3. The van der Waals surface area contributed by atoms with Gasteiger partial charge in [-0.05, 0) is 56.0 Å². The highest BCUT2D eigenvalue weighted by Gasteiger charge is 2.22. The van der Waals surface area contributed by atoms with Gasteiger partial charge in [0.15, 0.2) is 0 Å². The van der Waals surface area contributed by atoms with Crippen LogP contribution >= 0.6 is 0 Å². The molecule has 1 aromatic carbocycles. The van der Waals surface area contributed by atoms with Crippen LogP contribution in [0.15, 0.2) is 53.6 Å². The molecule has 0 radical (unpaired) electrons. The van der Waals surface area contributed by atoms with Crippen LogP contribution in [0, 0.1) is 6.92 Å². The van der Waals surface area contributed by atoms with Crippen LogP contribution in [0.1, 0.15) is 30.4 Å². The molecule has 2 heterocycles. The van der Waals surface area contributed by atoms with Gasteiger partial charge in [-0.1, -0.05) is 24.1 Å². The fraction of sp³-hybridized carbons (Fsp3) is 0.391. The van der Waals surface area contributed by atoms with E-state index in [4.69, 9.17) is 8.92 Å². The zero-order valence-corrected chi connectivity index (χ0v) is 19.0. The fourth-order valence-electron chi connectivity index (χ4n) is 3.28. The highest BCUT2D eigenvalue weighted by atomic mass is 32.2. The van der Waals surface area contributed by atoms with E-state index in [0.29, 0.717) is 18.7 Å². The molecule has 0 aliphatic carbocycles. The van der Waals surface area contributed by atoms with Crippen molar-refractivity contribution in [2.75, 3.05) is 13.7 Å². The maximum absolute atomic E-state index is 12.2. The van der Waals surface area contributed by atoms with Crippen molar-refractivity contribution < 1.29 is 27.6 Å². The lowest BCUT2D eigenvalue weighted by Crippen LogP contribution is -2.31. The highest BCUT2D eigenvalue weighted by molar-refractivity contribution is 7.86. The smallest absolute Gasteiger partial charge is 0.297 e. The van der Waals surface area contributed by atoms with Crippen molar-refractivity contribution in [1.82, 2.24) is 9.97 Å². The Hall–Kier alpha value is -2.59. The van der Waals surface area contributed by atoms with E-state index >= 15 is 0 Å². The summed E-state index contributed by atoms with van der Waals surface area (Å²) in [5.74, 6) is 0.519. The SMILES string of the molecule is COc1ccc2nccc(CCCC[C@H](O)[C@@H](O)COS(=O)(=O)c3ccc(C)cc3)c2n1. The Morgan fingerprint density at radius 3 is 2.47 bits per heavy atom. The van der Waals surface area contributed by atoms with Gasteiger partial charge in [-0.25, -0.2) is 4.98 Å². The molecule has 0 saturated carbocycles. The molecule has 172 valence electrons. The second-order valence-electron chi connectivity index (χ2n) is 7.62. The van der Waals surface area contributed by atoms with Crippen LogP contribution in [0.25, 0.3) is 11.0 Å². The molecule has 0 aliphatic rings. The van der Waals surface area contributed by atoms with Crippen molar-refractivity contribution >= 4 is 21.2 Å². The number of benzene rings is 1. The molecule has 2 N–H and O–H groups in total. The second kappa shape index (κ2) is 10.8. The molecule has 3 rings (SSSR count). The first-order valence-corrected chi connectivity index (χ1v) is 11.8. The van der Waals surface area contributed by atoms with E-state index in [-0.39, 0.29) is 4.90 Å². The minimum atomic E-state index is -3.99. The van der Waals surface area contributed by atoms with Crippen LogP contribution in [0.4, 0.5) is 0 Å². The molecule has 0 saturated heterocycles. The minimum Gasteiger partial charge on any atom is -0.481 e. The summed E-state index contributed by atoms with van der Waals surface area (Å²) < 4.78 is 34.5. The van der Waals surface area contributed by atoms with E-state index in [1.807, 2.05) is 19.1 Å². The van der Waals surface area contributed by atoms with E-state index in [1.165, 1.54) is 12.1 Å². The Labute approximate surface area is 188 Å². The van der Waals surface area contributed by atoms with Gasteiger partial charge in [-0.15, -0.1) is 0 Å². The number of aliphatic hydroxyl groups is 2. The van der Waals surface area contributed by atoms with Crippen LogP contribution in [0.2, 0.25) is 0 Å². The molecule has 2 atom stereocenters. The maximum atomic E-state index is 12.2. The molecule has 2 aromatic heterocycles. The number of fused-ring (bicyclic) bond motifs is 1. The molecule has 0 amide bonds. The van der Waals surface area contributed by atoms with Gasteiger partial charge in [0.2, 0.25) is 5.88 Å². The zero-order chi connectivity index (χ0) is 23.1. The molecule has 8 nitrogen and oxygen atoms in total. The number of rotatable bonds is 11. The van der Waals surface area contributed by atoms with E-state index < -0.39 is 28.9 Å². The van der Waals surface area contributed by atoms with Gasteiger partial charge < -0.3 is 14.9 Å². The second-order valence-corrected chi connectivity index (χ2v) is 9.24. The normalized spacial score (nSPS) is 13.8. The topological polar surface area (TPSA) is 119 Å². The molecule has 0 fully saturated rings. The third kappa shape index (κ3) is 6.23. The Morgan fingerprint density at radius 1 is 1.00 bits per heavy atom. The first-order valence-electron chi connectivity index (χ1n) is 10.4. The zero-order valence-electron chi connectivity index (χ0n) is 18.1. The van der Waals surface area contributed by atoms with Crippen LogP contribution < -0.4 is 4.74 Å². The van der Waals surface area contributed by atoms with E-state index in [9.17, 15) is 18.6 Å². The number of aliphatic hydroxyl groups excluding tert-OH is 2. The maximum Gasteiger partial charge on any atom is 0.297 e. The van der Waals surface area contributed by atoms with E-state index in [0.717, 1.165) is 35.0 Å². The summed E-state index contributed by atoms with van der Waals surface area (Å²) in [7, 11) is -2.43. The lowest BCUT2D eigenvalue weighted by atomic mass is 10.0.